The number of ether oxygens (including phenoxy) is 2. The SMILES string of the molecule is COc1cc(OCC(=O)N(Cc2ccccc2C)[C@H](C)C(=O)NC(C)C)ccc1[N+](=O)[O-]. The molecule has 0 aliphatic heterocycles. The third kappa shape index (κ3) is 6.44. The summed E-state index contributed by atoms with van der Waals surface area (Å²) in [5.41, 5.74) is 1.72. The van der Waals surface area contributed by atoms with Crippen molar-refractivity contribution in [2.24, 2.45) is 0 Å². The zero-order chi connectivity index (χ0) is 23.8. The summed E-state index contributed by atoms with van der Waals surface area (Å²) >= 11 is 0. The molecule has 0 radical (unpaired) electrons. The van der Waals surface area contributed by atoms with Gasteiger partial charge in [0.05, 0.1) is 12.0 Å². The Hall–Kier alpha value is -3.62. The van der Waals surface area contributed by atoms with Crippen molar-refractivity contribution in [3.05, 3.63) is 63.7 Å². The highest BCUT2D eigenvalue weighted by Gasteiger charge is 2.27. The van der Waals surface area contributed by atoms with E-state index >= 15 is 0 Å². The Morgan fingerprint density at radius 2 is 1.84 bits per heavy atom. The first-order valence-electron chi connectivity index (χ1n) is 10.2. The summed E-state index contributed by atoms with van der Waals surface area (Å²) in [5.74, 6) is -0.381. The minimum absolute atomic E-state index is 0.0291. The molecule has 0 spiro atoms. The molecule has 2 amide bonds. The largest absolute Gasteiger partial charge is 0.490 e. The van der Waals surface area contributed by atoms with Gasteiger partial charge in [0, 0.05) is 24.7 Å². The summed E-state index contributed by atoms with van der Waals surface area (Å²) in [6.07, 6.45) is 0. The van der Waals surface area contributed by atoms with Crippen LogP contribution in [0.2, 0.25) is 0 Å². The molecule has 172 valence electrons. The Labute approximate surface area is 187 Å². The number of nitro groups is 1. The smallest absolute Gasteiger partial charge is 0.311 e. The van der Waals surface area contributed by atoms with Crippen molar-refractivity contribution in [3.63, 3.8) is 0 Å². The molecular formula is C23H29N3O6. The van der Waals surface area contributed by atoms with Crippen molar-refractivity contribution < 1.29 is 24.0 Å². The first-order chi connectivity index (χ1) is 15.1. The molecule has 0 saturated heterocycles. The fourth-order valence-electron chi connectivity index (χ4n) is 3.09. The lowest BCUT2D eigenvalue weighted by atomic mass is 10.1. The molecule has 0 aliphatic carbocycles. The number of hydrogen-bond acceptors (Lipinski definition) is 6. The third-order valence-corrected chi connectivity index (χ3v) is 4.91. The Kier molecular flexibility index (Phi) is 8.57. The van der Waals surface area contributed by atoms with Gasteiger partial charge in [0.1, 0.15) is 11.8 Å². The summed E-state index contributed by atoms with van der Waals surface area (Å²) in [6, 6.07) is 10.8. The average Bonchev–Trinajstić information content (AvgIpc) is 2.75. The topological polar surface area (TPSA) is 111 Å². The van der Waals surface area contributed by atoms with Crippen LogP contribution >= 0.6 is 0 Å². The van der Waals surface area contributed by atoms with Crippen molar-refractivity contribution in [1.82, 2.24) is 10.2 Å². The van der Waals surface area contributed by atoms with E-state index in [0.29, 0.717) is 0 Å². The fraction of sp³-hybridized carbons (Fsp3) is 0.391. The summed E-state index contributed by atoms with van der Waals surface area (Å²) in [6.45, 7) is 7.21. The second kappa shape index (κ2) is 11.1. The van der Waals surface area contributed by atoms with Crippen LogP contribution in [0.4, 0.5) is 5.69 Å². The quantitative estimate of drug-likeness (QED) is 0.446. The van der Waals surface area contributed by atoms with E-state index in [1.54, 1.807) is 6.92 Å². The number of benzene rings is 2. The number of hydrogen-bond donors (Lipinski definition) is 1. The van der Waals surface area contributed by atoms with E-state index in [4.69, 9.17) is 9.47 Å². The number of carbonyl (C=O) groups is 2. The Morgan fingerprint density at radius 3 is 2.44 bits per heavy atom. The van der Waals surface area contributed by atoms with Gasteiger partial charge in [-0.3, -0.25) is 19.7 Å². The van der Waals surface area contributed by atoms with Crippen LogP contribution in [0.15, 0.2) is 42.5 Å². The highest BCUT2D eigenvalue weighted by atomic mass is 16.6. The highest BCUT2D eigenvalue weighted by molar-refractivity contribution is 5.88. The molecule has 0 fully saturated rings. The predicted molar refractivity (Wildman–Crippen MR) is 120 cm³/mol. The highest BCUT2D eigenvalue weighted by Crippen LogP contribution is 2.30. The van der Waals surface area contributed by atoms with Gasteiger partial charge in [-0.15, -0.1) is 0 Å². The van der Waals surface area contributed by atoms with Crippen LogP contribution in [0, 0.1) is 17.0 Å². The van der Waals surface area contributed by atoms with Gasteiger partial charge in [-0.05, 0) is 44.9 Å². The molecule has 0 aliphatic rings. The molecule has 0 saturated carbocycles. The minimum Gasteiger partial charge on any atom is -0.490 e. The molecule has 1 atom stereocenters. The Bertz CT molecular complexity index is 976. The van der Waals surface area contributed by atoms with Crippen LogP contribution in [0.1, 0.15) is 31.9 Å². The van der Waals surface area contributed by atoms with Crippen LogP contribution in [-0.2, 0) is 16.1 Å². The van der Waals surface area contributed by atoms with Gasteiger partial charge in [-0.25, -0.2) is 0 Å². The predicted octanol–water partition coefficient (Wildman–Crippen LogP) is 3.23. The molecule has 1 N–H and O–H groups in total. The van der Waals surface area contributed by atoms with Crippen LogP contribution in [-0.4, -0.2) is 47.4 Å². The summed E-state index contributed by atoms with van der Waals surface area (Å²) in [4.78, 5) is 37.6. The van der Waals surface area contributed by atoms with Crippen LogP contribution in [0.3, 0.4) is 0 Å². The second-order valence-electron chi connectivity index (χ2n) is 7.67. The van der Waals surface area contributed by atoms with E-state index in [1.165, 1.54) is 30.2 Å². The number of carbonyl (C=O) groups excluding carboxylic acids is 2. The summed E-state index contributed by atoms with van der Waals surface area (Å²) in [7, 11) is 1.32. The first-order valence-corrected chi connectivity index (χ1v) is 10.2. The molecule has 0 aromatic heterocycles. The number of nitrogens with one attached hydrogen (secondary N) is 1. The molecule has 2 rings (SSSR count). The minimum atomic E-state index is -0.723. The van der Waals surface area contributed by atoms with Gasteiger partial charge in [-0.2, -0.15) is 0 Å². The van der Waals surface area contributed by atoms with Gasteiger partial charge < -0.3 is 19.7 Å². The van der Waals surface area contributed by atoms with Crippen molar-refractivity contribution >= 4 is 17.5 Å². The van der Waals surface area contributed by atoms with Crippen LogP contribution in [0.25, 0.3) is 0 Å². The molecule has 9 heteroatoms. The number of amides is 2. The number of nitrogens with zero attached hydrogens (tertiary/aromatic N) is 2. The fourth-order valence-corrected chi connectivity index (χ4v) is 3.09. The van der Waals surface area contributed by atoms with Gasteiger partial charge >= 0.3 is 5.69 Å². The maximum atomic E-state index is 13.1. The van der Waals surface area contributed by atoms with E-state index in [0.717, 1.165) is 11.1 Å². The molecule has 9 nitrogen and oxygen atoms in total. The Morgan fingerprint density at radius 1 is 1.16 bits per heavy atom. The number of aryl methyl sites for hydroxylation is 1. The molecule has 0 heterocycles. The number of nitro benzene ring substituents is 1. The third-order valence-electron chi connectivity index (χ3n) is 4.91. The lowest BCUT2D eigenvalue weighted by molar-refractivity contribution is -0.385. The molecule has 0 unspecified atom stereocenters. The van der Waals surface area contributed by atoms with Gasteiger partial charge in [-0.1, -0.05) is 24.3 Å². The van der Waals surface area contributed by atoms with E-state index in [1.807, 2.05) is 45.0 Å². The van der Waals surface area contributed by atoms with E-state index < -0.39 is 16.9 Å². The van der Waals surface area contributed by atoms with E-state index in [9.17, 15) is 19.7 Å². The molecule has 0 bridgehead atoms. The second-order valence-corrected chi connectivity index (χ2v) is 7.67. The van der Waals surface area contributed by atoms with Crippen LogP contribution in [0.5, 0.6) is 11.5 Å². The molecule has 32 heavy (non-hydrogen) atoms. The van der Waals surface area contributed by atoms with Gasteiger partial charge in [0.15, 0.2) is 6.61 Å². The lowest BCUT2D eigenvalue weighted by Crippen LogP contribution is -2.50. The van der Waals surface area contributed by atoms with Gasteiger partial charge in [0.2, 0.25) is 11.7 Å². The van der Waals surface area contributed by atoms with E-state index in [-0.39, 0.29) is 42.3 Å². The van der Waals surface area contributed by atoms with E-state index in [2.05, 4.69) is 5.32 Å². The summed E-state index contributed by atoms with van der Waals surface area (Å²) in [5, 5.41) is 13.9. The number of rotatable bonds is 10. The molecule has 2 aromatic rings. The molecule has 2 aromatic carbocycles. The average molecular weight is 444 g/mol. The van der Waals surface area contributed by atoms with Crippen molar-refractivity contribution in [2.75, 3.05) is 13.7 Å². The summed E-state index contributed by atoms with van der Waals surface area (Å²) < 4.78 is 10.6. The zero-order valence-corrected chi connectivity index (χ0v) is 19.0. The lowest BCUT2D eigenvalue weighted by Gasteiger charge is -2.29. The monoisotopic (exact) mass is 443 g/mol. The van der Waals surface area contributed by atoms with Crippen molar-refractivity contribution in [2.45, 2.75) is 46.3 Å². The van der Waals surface area contributed by atoms with Crippen molar-refractivity contribution in [1.29, 1.82) is 0 Å². The van der Waals surface area contributed by atoms with Crippen molar-refractivity contribution in [3.8, 4) is 11.5 Å². The molecular weight excluding hydrogens is 414 g/mol. The maximum Gasteiger partial charge on any atom is 0.311 e. The first kappa shape index (κ1) is 24.6. The van der Waals surface area contributed by atoms with Gasteiger partial charge in [0.25, 0.3) is 5.91 Å². The maximum absolute atomic E-state index is 13.1. The normalized spacial score (nSPS) is 11.6. The zero-order valence-electron chi connectivity index (χ0n) is 19.0. The Balaban J connectivity index is 2.21. The standard InChI is InChI=1S/C23H29N3O6/c1-15(2)24-23(28)17(4)25(13-18-9-7-6-8-16(18)3)22(27)14-32-19-10-11-20(26(29)30)21(12-19)31-5/h6-12,15,17H,13-14H2,1-5H3,(H,24,28)/t17-/m1/s1. The van der Waals surface area contributed by atoms with Crippen LogP contribution < -0.4 is 14.8 Å². The number of methoxy groups -OCH3 is 1.